The molecule has 0 radical (unpaired) electrons. The number of aromatic nitrogens is 6. The standard InChI is InChI=1S/C15H15N7OS2/c1-2-9-24-15-19-18-14(25-15)17-13(23)8-5-11-3-6-12(7-4-11)22-10-16-20-21-22/h3-8,10H,2,9H2,1H3,(H,17,18,23)/b8-5+. The molecule has 3 aromatic rings. The Morgan fingerprint density at radius 2 is 2.16 bits per heavy atom. The predicted molar refractivity (Wildman–Crippen MR) is 97.7 cm³/mol. The molecule has 0 atom stereocenters. The van der Waals surface area contributed by atoms with Crippen LogP contribution in [0, 0.1) is 0 Å². The minimum absolute atomic E-state index is 0.243. The topological polar surface area (TPSA) is 98.5 Å². The first-order valence-corrected chi connectivity index (χ1v) is 9.33. The van der Waals surface area contributed by atoms with Gasteiger partial charge in [0.1, 0.15) is 6.33 Å². The van der Waals surface area contributed by atoms with E-state index in [1.165, 1.54) is 23.7 Å². The Balaban J connectivity index is 1.56. The number of thioether (sulfide) groups is 1. The van der Waals surface area contributed by atoms with Crippen LogP contribution in [0.4, 0.5) is 5.13 Å². The molecule has 0 aliphatic carbocycles. The first kappa shape index (κ1) is 17.2. The molecule has 128 valence electrons. The summed E-state index contributed by atoms with van der Waals surface area (Å²) in [5, 5.41) is 22.2. The number of benzene rings is 1. The molecule has 1 N–H and O–H groups in total. The van der Waals surface area contributed by atoms with E-state index in [9.17, 15) is 4.79 Å². The maximum atomic E-state index is 12.0. The molecule has 0 aliphatic heterocycles. The van der Waals surface area contributed by atoms with Crippen LogP contribution in [0.1, 0.15) is 18.9 Å². The van der Waals surface area contributed by atoms with Crippen molar-refractivity contribution in [2.24, 2.45) is 0 Å². The third-order valence-corrected chi connectivity index (χ3v) is 5.18. The van der Waals surface area contributed by atoms with E-state index in [1.807, 2.05) is 24.3 Å². The van der Waals surface area contributed by atoms with Crippen LogP contribution in [0.5, 0.6) is 0 Å². The van der Waals surface area contributed by atoms with Crippen molar-refractivity contribution < 1.29 is 4.79 Å². The molecule has 0 saturated heterocycles. The van der Waals surface area contributed by atoms with E-state index in [2.05, 4.69) is 38.0 Å². The summed E-state index contributed by atoms with van der Waals surface area (Å²) >= 11 is 3.01. The summed E-state index contributed by atoms with van der Waals surface area (Å²) in [5.74, 6) is 0.746. The van der Waals surface area contributed by atoms with E-state index < -0.39 is 0 Å². The van der Waals surface area contributed by atoms with Gasteiger partial charge in [0.25, 0.3) is 0 Å². The Hall–Kier alpha value is -2.59. The van der Waals surface area contributed by atoms with E-state index in [0.29, 0.717) is 5.13 Å². The second kappa shape index (κ2) is 8.49. The number of nitrogens with one attached hydrogen (secondary N) is 1. The lowest BCUT2D eigenvalue weighted by Crippen LogP contribution is -2.07. The Morgan fingerprint density at radius 3 is 2.88 bits per heavy atom. The largest absolute Gasteiger partial charge is 0.297 e. The van der Waals surface area contributed by atoms with Gasteiger partial charge in [0, 0.05) is 11.8 Å². The average Bonchev–Trinajstić information content (AvgIpc) is 3.31. The van der Waals surface area contributed by atoms with Crippen molar-refractivity contribution in [3.8, 4) is 5.69 Å². The monoisotopic (exact) mass is 373 g/mol. The highest BCUT2D eigenvalue weighted by Gasteiger charge is 2.06. The summed E-state index contributed by atoms with van der Waals surface area (Å²) in [5.41, 5.74) is 1.74. The zero-order chi connectivity index (χ0) is 17.5. The Kier molecular flexibility index (Phi) is 5.86. The Labute approximate surface area is 152 Å². The Bertz CT molecular complexity index is 843. The number of hydrogen-bond donors (Lipinski definition) is 1. The summed E-state index contributed by atoms with van der Waals surface area (Å²) < 4.78 is 2.42. The van der Waals surface area contributed by atoms with Gasteiger partial charge >= 0.3 is 0 Å². The second-order valence-electron chi connectivity index (χ2n) is 4.89. The molecule has 0 bridgehead atoms. The quantitative estimate of drug-likeness (QED) is 0.386. The highest BCUT2D eigenvalue weighted by molar-refractivity contribution is 8.01. The van der Waals surface area contributed by atoms with Crippen LogP contribution in [0.25, 0.3) is 11.8 Å². The van der Waals surface area contributed by atoms with Gasteiger partial charge in [-0.25, -0.2) is 4.68 Å². The van der Waals surface area contributed by atoms with Gasteiger partial charge in [-0.2, -0.15) is 0 Å². The number of hydrogen-bond acceptors (Lipinski definition) is 8. The van der Waals surface area contributed by atoms with Crippen LogP contribution in [-0.4, -0.2) is 42.1 Å². The van der Waals surface area contributed by atoms with Gasteiger partial charge in [-0.15, -0.1) is 15.3 Å². The van der Waals surface area contributed by atoms with Crippen LogP contribution in [0.3, 0.4) is 0 Å². The van der Waals surface area contributed by atoms with Gasteiger partial charge in [-0.05, 0) is 40.6 Å². The van der Waals surface area contributed by atoms with Crippen molar-refractivity contribution >= 4 is 40.2 Å². The van der Waals surface area contributed by atoms with Crippen LogP contribution < -0.4 is 5.32 Å². The molecule has 2 aromatic heterocycles. The molecule has 8 nitrogen and oxygen atoms in total. The molecule has 0 aliphatic rings. The zero-order valence-corrected chi connectivity index (χ0v) is 15.0. The van der Waals surface area contributed by atoms with Crippen molar-refractivity contribution in [2.75, 3.05) is 11.1 Å². The van der Waals surface area contributed by atoms with E-state index >= 15 is 0 Å². The third kappa shape index (κ3) is 4.94. The molecular formula is C15H15N7OS2. The van der Waals surface area contributed by atoms with E-state index in [1.54, 1.807) is 22.5 Å². The summed E-state index contributed by atoms with van der Waals surface area (Å²) in [6.07, 6.45) is 5.78. The smallest absolute Gasteiger partial charge is 0.250 e. The normalized spacial score (nSPS) is 11.1. The zero-order valence-electron chi connectivity index (χ0n) is 13.4. The lowest BCUT2D eigenvalue weighted by molar-refractivity contribution is -0.111. The molecule has 1 amide bonds. The fourth-order valence-corrected chi connectivity index (χ4v) is 3.52. The number of carbonyl (C=O) groups excluding carboxylic acids is 1. The second-order valence-corrected chi connectivity index (χ2v) is 7.21. The van der Waals surface area contributed by atoms with Crippen molar-refractivity contribution in [2.45, 2.75) is 17.7 Å². The number of tetrazole rings is 1. The summed E-state index contributed by atoms with van der Waals surface area (Å²) in [7, 11) is 0. The SMILES string of the molecule is CCCSc1nnc(NC(=O)/C=C/c2ccc(-n3cnnn3)cc2)s1. The molecule has 0 fully saturated rings. The van der Waals surface area contributed by atoms with Crippen LogP contribution in [0.2, 0.25) is 0 Å². The van der Waals surface area contributed by atoms with E-state index in [-0.39, 0.29) is 5.91 Å². The molecule has 0 saturated carbocycles. The van der Waals surface area contributed by atoms with Crippen molar-refractivity contribution in [3.63, 3.8) is 0 Å². The fraction of sp³-hybridized carbons (Fsp3) is 0.200. The van der Waals surface area contributed by atoms with Gasteiger partial charge in [0.15, 0.2) is 4.34 Å². The molecule has 3 rings (SSSR count). The van der Waals surface area contributed by atoms with Gasteiger partial charge < -0.3 is 0 Å². The minimum atomic E-state index is -0.243. The molecule has 0 unspecified atom stereocenters. The van der Waals surface area contributed by atoms with Gasteiger partial charge in [0.05, 0.1) is 5.69 Å². The van der Waals surface area contributed by atoms with Crippen molar-refractivity contribution in [3.05, 3.63) is 42.2 Å². The number of rotatable bonds is 7. The lowest BCUT2D eigenvalue weighted by Gasteiger charge is -1.99. The maximum Gasteiger partial charge on any atom is 0.250 e. The Morgan fingerprint density at radius 1 is 1.32 bits per heavy atom. The number of nitrogens with zero attached hydrogens (tertiary/aromatic N) is 6. The summed E-state index contributed by atoms with van der Waals surface area (Å²) in [6.45, 7) is 2.11. The number of amides is 1. The molecule has 1 aromatic carbocycles. The lowest BCUT2D eigenvalue weighted by atomic mass is 10.2. The van der Waals surface area contributed by atoms with Crippen LogP contribution in [-0.2, 0) is 4.79 Å². The molecule has 25 heavy (non-hydrogen) atoms. The van der Waals surface area contributed by atoms with Crippen LogP contribution >= 0.6 is 23.1 Å². The summed E-state index contributed by atoms with van der Waals surface area (Å²) in [6, 6.07) is 7.50. The number of anilines is 1. The van der Waals surface area contributed by atoms with Gasteiger partial charge in [-0.3, -0.25) is 10.1 Å². The van der Waals surface area contributed by atoms with Crippen molar-refractivity contribution in [1.29, 1.82) is 0 Å². The van der Waals surface area contributed by atoms with E-state index in [0.717, 1.165) is 27.8 Å². The highest BCUT2D eigenvalue weighted by Crippen LogP contribution is 2.25. The van der Waals surface area contributed by atoms with Crippen molar-refractivity contribution in [1.82, 2.24) is 30.4 Å². The molecular weight excluding hydrogens is 358 g/mol. The first-order chi connectivity index (χ1) is 12.2. The van der Waals surface area contributed by atoms with Crippen LogP contribution in [0.15, 0.2) is 41.0 Å². The predicted octanol–water partition coefficient (Wildman–Crippen LogP) is 2.67. The molecule has 2 heterocycles. The fourth-order valence-electron chi connectivity index (χ4n) is 1.84. The summed E-state index contributed by atoms with van der Waals surface area (Å²) in [4.78, 5) is 12.0. The minimum Gasteiger partial charge on any atom is -0.297 e. The highest BCUT2D eigenvalue weighted by atomic mass is 32.2. The van der Waals surface area contributed by atoms with Gasteiger partial charge in [0.2, 0.25) is 11.0 Å². The number of carbonyl (C=O) groups is 1. The van der Waals surface area contributed by atoms with E-state index in [4.69, 9.17) is 0 Å². The third-order valence-electron chi connectivity index (χ3n) is 3.00. The van der Waals surface area contributed by atoms with Gasteiger partial charge in [-0.1, -0.05) is 42.2 Å². The maximum absolute atomic E-state index is 12.0. The molecule has 0 spiro atoms. The molecule has 10 heteroatoms. The average molecular weight is 373 g/mol. The first-order valence-electron chi connectivity index (χ1n) is 7.53.